The van der Waals surface area contributed by atoms with E-state index >= 15 is 0 Å². The van der Waals surface area contributed by atoms with Crippen molar-refractivity contribution in [3.63, 3.8) is 0 Å². The topological polar surface area (TPSA) is 50.6 Å². The van der Waals surface area contributed by atoms with Crippen molar-refractivity contribution in [2.24, 2.45) is 0 Å². The number of carbonyl (C=O) groups is 1. The van der Waals surface area contributed by atoms with Gasteiger partial charge in [0.2, 0.25) is 5.91 Å². The van der Waals surface area contributed by atoms with Crippen LogP contribution < -0.4 is 9.64 Å². The number of imidazole rings is 1. The molecule has 0 saturated carbocycles. The Balaban J connectivity index is 1.30. The number of amides is 1. The summed E-state index contributed by atoms with van der Waals surface area (Å²) in [5, 5.41) is 0. The molecule has 1 aliphatic rings. The van der Waals surface area contributed by atoms with Crippen LogP contribution in [0.1, 0.15) is 17.5 Å². The molecule has 6 nitrogen and oxygen atoms in total. The molecular formula is C29H32N4O2. The Bertz CT molecular complexity index is 1330. The molecule has 0 aliphatic carbocycles. The third-order valence-electron chi connectivity index (χ3n) is 6.82. The fourth-order valence-corrected chi connectivity index (χ4v) is 4.84. The van der Waals surface area contributed by atoms with Crippen LogP contribution in [-0.2, 0) is 11.3 Å². The molecule has 6 heteroatoms. The number of aryl methyl sites for hydroxylation is 3. The fraction of sp³-hybridized carbons (Fsp3) is 0.310. The zero-order chi connectivity index (χ0) is 24.4. The number of para-hydroxylation sites is 2. The van der Waals surface area contributed by atoms with Gasteiger partial charge in [0.1, 0.15) is 11.6 Å². The molecule has 2 heterocycles. The van der Waals surface area contributed by atoms with Gasteiger partial charge in [-0.15, -0.1) is 0 Å². The SMILES string of the molecule is COc1ccccc1N1CCN(C(=O)CCn2c(-c3ccc(C)cc3)nc3ccc(C)cc32)CC1. The van der Waals surface area contributed by atoms with E-state index in [1.165, 1.54) is 11.1 Å². The highest BCUT2D eigenvalue weighted by atomic mass is 16.5. The van der Waals surface area contributed by atoms with Gasteiger partial charge in [-0.05, 0) is 43.7 Å². The summed E-state index contributed by atoms with van der Waals surface area (Å²) in [5.74, 6) is 1.98. The quantitative estimate of drug-likeness (QED) is 0.397. The number of ether oxygens (including phenoxy) is 1. The number of hydrogen-bond acceptors (Lipinski definition) is 4. The van der Waals surface area contributed by atoms with Gasteiger partial charge >= 0.3 is 0 Å². The van der Waals surface area contributed by atoms with Crippen molar-refractivity contribution in [1.82, 2.24) is 14.5 Å². The van der Waals surface area contributed by atoms with Gasteiger partial charge in [-0.3, -0.25) is 4.79 Å². The van der Waals surface area contributed by atoms with Gasteiger partial charge in [0.05, 0.1) is 23.8 Å². The second-order valence-electron chi connectivity index (χ2n) is 9.23. The smallest absolute Gasteiger partial charge is 0.224 e. The van der Waals surface area contributed by atoms with Gasteiger partial charge in [-0.1, -0.05) is 48.0 Å². The average Bonchev–Trinajstić information content (AvgIpc) is 3.25. The largest absolute Gasteiger partial charge is 0.495 e. The molecule has 3 aromatic carbocycles. The first-order valence-corrected chi connectivity index (χ1v) is 12.2. The number of rotatable bonds is 6. The Morgan fingerprint density at radius 1 is 0.914 bits per heavy atom. The fourth-order valence-electron chi connectivity index (χ4n) is 4.84. The van der Waals surface area contributed by atoms with Crippen LogP contribution in [0, 0.1) is 13.8 Å². The first-order chi connectivity index (χ1) is 17.0. The van der Waals surface area contributed by atoms with E-state index in [4.69, 9.17) is 9.72 Å². The Morgan fingerprint density at radius 3 is 2.37 bits per heavy atom. The molecule has 0 unspecified atom stereocenters. The summed E-state index contributed by atoms with van der Waals surface area (Å²) in [6, 6.07) is 22.8. The molecule has 1 fully saturated rings. The third-order valence-corrected chi connectivity index (χ3v) is 6.82. The Hall–Kier alpha value is -3.80. The summed E-state index contributed by atoms with van der Waals surface area (Å²) in [5.41, 5.74) is 6.61. The van der Waals surface area contributed by atoms with Crippen molar-refractivity contribution >= 4 is 22.6 Å². The molecule has 1 aliphatic heterocycles. The standard InChI is InChI=1S/C29H32N4O2/c1-21-8-11-23(12-9-21)29-30-24-13-10-22(2)20-26(24)33(29)15-14-28(34)32-18-16-31(17-19-32)25-6-4-5-7-27(25)35-3/h4-13,20H,14-19H2,1-3H3. The third kappa shape index (κ3) is 4.74. The van der Waals surface area contributed by atoms with Gasteiger partial charge in [-0.25, -0.2) is 4.98 Å². The van der Waals surface area contributed by atoms with E-state index < -0.39 is 0 Å². The summed E-state index contributed by atoms with van der Waals surface area (Å²) in [6.45, 7) is 7.81. The van der Waals surface area contributed by atoms with Crippen LogP contribution in [0.2, 0.25) is 0 Å². The Kier molecular flexibility index (Phi) is 6.45. The molecule has 0 radical (unpaired) electrons. The highest BCUT2D eigenvalue weighted by Gasteiger charge is 2.23. The predicted molar refractivity (Wildman–Crippen MR) is 141 cm³/mol. The summed E-state index contributed by atoms with van der Waals surface area (Å²) in [7, 11) is 1.70. The number of methoxy groups -OCH3 is 1. The Morgan fingerprint density at radius 2 is 1.63 bits per heavy atom. The zero-order valence-corrected chi connectivity index (χ0v) is 20.7. The molecular weight excluding hydrogens is 436 g/mol. The lowest BCUT2D eigenvalue weighted by molar-refractivity contribution is -0.131. The molecule has 0 spiro atoms. The van der Waals surface area contributed by atoms with Crippen molar-refractivity contribution in [3.05, 3.63) is 77.9 Å². The van der Waals surface area contributed by atoms with Gasteiger partial charge in [0.25, 0.3) is 0 Å². The molecule has 4 aromatic rings. The maximum Gasteiger partial charge on any atom is 0.224 e. The molecule has 0 bridgehead atoms. The molecule has 35 heavy (non-hydrogen) atoms. The average molecular weight is 469 g/mol. The summed E-state index contributed by atoms with van der Waals surface area (Å²) < 4.78 is 7.72. The second-order valence-corrected chi connectivity index (χ2v) is 9.23. The van der Waals surface area contributed by atoms with Crippen LogP contribution in [0.25, 0.3) is 22.4 Å². The number of nitrogens with zero attached hydrogens (tertiary/aromatic N) is 4. The van der Waals surface area contributed by atoms with Crippen molar-refractivity contribution in [1.29, 1.82) is 0 Å². The van der Waals surface area contributed by atoms with Crippen molar-refractivity contribution < 1.29 is 9.53 Å². The number of hydrogen-bond donors (Lipinski definition) is 0. The number of fused-ring (bicyclic) bond motifs is 1. The van der Waals surface area contributed by atoms with Crippen LogP contribution in [0.5, 0.6) is 5.75 Å². The Labute approximate surface area is 206 Å². The molecule has 5 rings (SSSR count). The van der Waals surface area contributed by atoms with Gasteiger partial charge in [0.15, 0.2) is 0 Å². The summed E-state index contributed by atoms with van der Waals surface area (Å²) in [6.07, 6.45) is 0.451. The van der Waals surface area contributed by atoms with Crippen molar-refractivity contribution in [2.45, 2.75) is 26.8 Å². The van der Waals surface area contributed by atoms with E-state index in [-0.39, 0.29) is 5.91 Å². The van der Waals surface area contributed by atoms with E-state index in [1.807, 2.05) is 23.1 Å². The summed E-state index contributed by atoms with van der Waals surface area (Å²) in [4.78, 5) is 22.4. The van der Waals surface area contributed by atoms with E-state index in [1.54, 1.807) is 7.11 Å². The molecule has 180 valence electrons. The van der Waals surface area contributed by atoms with E-state index in [0.717, 1.165) is 46.9 Å². The van der Waals surface area contributed by atoms with Gasteiger partial charge in [0, 0.05) is 44.7 Å². The van der Waals surface area contributed by atoms with Crippen LogP contribution in [0.3, 0.4) is 0 Å². The molecule has 1 aromatic heterocycles. The highest BCUT2D eigenvalue weighted by molar-refractivity contribution is 5.82. The van der Waals surface area contributed by atoms with Crippen molar-refractivity contribution in [2.75, 3.05) is 38.2 Å². The van der Waals surface area contributed by atoms with Gasteiger partial charge in [-0.2, -0.15) is 0 Å². The second kappa shape index (κ2) is 9.82. The predicted octanol–water partition coefficient (Wildman–Crippen LogP) is 5.07. The number of benzene rings is 3. The van der Waals surface area contributed by atoms with Crippen LogP contribution in [-0.4, -0.2) is 53.6 Å². The van der Waals surface area contributed by atoms with Crippen LogP contribution in [0.4, 0.5) is 5.69 Å². The van der Waals surface area contributed by atoms with Crippen LogP contribution >= 0.6 is 0 Å². The van der Waals surface area contributed by atoms with Crippen molar-refractivity contribution in [3.8, 4) is 17.1 Å². The maximum atomic E-state index is 13.2. The first-order valence-electron chi connectivity index (χ1n) is 12.2. The van der Waals surface area contributed by atoms with E-state index in [2.05, 4.69) is 71.8 Å². The zero-order valence-electron chi connectivity index (χ0n) is 20.7. The summed E-state index contributed by atoms with van der Waals surface area (Å²) >= 11 is 0. The molecule has 0 atom stereocenters. The number of piperazine rings is 1. The minimum absolute atomic E-state index is 0.189. The highest BCUT2D eigenvalue weighted by Crippen LogP contribution is 2.29. The van der Waals surface area contributed by atoms with Gasteiger partial charge < -0.3 is 19.1 Å². The molecule has 0 N–H and O–H groups in total. The lowest BCUT2D eigenvalue weighted by atomic mass is 10.1. The number of anilines is 1. The van der Waals surface area contributed by atoms with E-state index in [0.29, 0.717) is 26.1 Å². The number of aromatic nitrogens is 2. The normalized spacial score (nSPS) is 13.9. The maximum absolute atomic E-state index is 13.2. The number of carbonyl (C=O) groups excluding carboxylic acids is 1. The molecule has 1 amide bonds. The van der Waals surface area contributed by atoms with E-state index in [9.17, 15) is 4.79 Å². The lowest BCUT2D eigenvalue weighted by Gasteiger charge is -2.36. The first kappa shape index (κ1) is 23.0. The lowest BCUT2D eigenvalue weighted by Crippen LogP contribution is -2.49. The minimum atomic E-state index is 0.189. The van der Waals surface area contributed by atoms with Crippen LogP contribution in [0.15, 0.2) is 66.7 Å². The molecule has 1 saturated heterocycles. The minimum Gasteiger partial charge on any atom is -0.495 e. The monoisotopic (exact) mass is 468 g/mol.